The van der Waals surface area contributed by atoms with Crippen LogP contribution >= 0.6 is 0 Å². The van der Waals surface area contributed by atoms with Crippen LogP contribution in [0.3, 0.4) is 0 Å². The third-order valence-corrected chi connectivity index (χ3v) is 5.96. The third kappa shape index (κ3) is 11.6. The summed E-state index contributed by atoms with van der Waals surface area (Å²) in [6.07, 6.45) is 5.16. The first-order valence-electron chi connectivity index (χ1n) is 13.1. The Morgan fingerprint density at radius 1 is 0.897 bits per heavy atom. The number of benzene rings is 1. The largest absolute Gasteiger partial charge is 0.469 e. The van der Waals surface area contributed by atoms with Crippen LogP contribution in [-0.4, -0.2) is 59.6 Å². The number of nitrogens with zero attached hydrogens (tertiary/aromatic N) is 1. The normalized spacial score (nSPS) is 13.8. The van der Waals surface area contributed by atoms with Gasteiger partial charge in [-0.2, -0.15) is 0 Å². The van der Waals surface area contributed by atoms with Crippen LogP contribution < -0.4 is 5.32 Å². The second kappa shape index (κ2) is 14.9. The molecule has 0 fully saturated rings. The minimum atomic E-state index is -0.696. The molecule has 0 spiro atoms. The summed E-state index contributed by atoms with van der Waals surface area (Å²) in [5.41, 5.74) is 0.689. The van der Waals surface area contributed by atoms with E-state index in [0.717, 1.165) is 5.56 Å². The summed E-state index contributed by atoms with van der Waals surface area (Å²) in [7, 11) is 1.27. The SMILES string of the molecule is COC(=O)[C@@H](CC(=O)OC(C)(C)C)Cc1ccc(NC(=O)CCC(=O)CCCCCN2C(=O)C=CC2=O)cc1. The van der Waals surface area contributed by atoms with Crippen LogP contribution in [-0.2, 0) is 44.7 Å². The van der Waals surface area contributed by atoms with Crippen molar-refractivity contribution in [2.75, 3.05) is 19.0 Å². The molecule has 1 aliphatic rings. The van der Waals surface area contributed by atoms with Gasteiger partial charge in [-0.25, -0.2) is 0 Å². The molecular weight excluding hydrogens is 504 g/mol. The van der Waals surface area contributed by atoms with E-state index < -0.39 is 23.5 Å². The molecule has 3 amide bonds. The first-order valence-corrected chi connectivity index (χ1v) is 13.1. The van der Waals surface area contributed by atoms with Crippen LogP contribution in [0.5, 0.6) is 0 Å². The molecule has 212 valence electrons. The number of imide groups is 1. The number of carbonyl (C=O) groups is 6. The topological polar surface area (TPSA) is 136 Å². The number of amides is 3. The van der Waals surface area contributed by atoms with Crippen molar-refractivity contribution in [2.45, 2.75) is 77.7 Å². The van der Waals surface area contributed by atoms with Crippen molar-refractivity contribution in [1.82, 2.24) is 4.90 Å². The van der Waals surface area contributed by atoms with Gasteiger partial charge in [0.2, 0.25) is 5.91 Å². The number of nitrogens with one attached hydrogen (secondary N) is 1. The van der Waals surface area contributed by atoms with Crippen molar-refractivity contribution in [3.05, 3.63) is 42.0 Å². The van der Waals surface area contributed by atoms with Gasteiger partial charge in [0.15, 0.2) is 0 Å². The Balaban J connectivity index is 1.71. The van der Waals surface area contributed by atoms with E-state index in [1.807, 2.05) is 0 Å². The molecule has 0 bridgehead atoms. The molecule has 10 heteroatoms. The van der Waals surface area contributed by atoms with Crippen LogP contribution in [0.25, 0.3) is 0 Å². The van der Waals surface area contributed by atoms with Gasteiger partial charge in [0.1, 0.15) is 11.4 Å². The fourth-order valence-corrected chi connectivity index (χ4v) is 4.02. The van der Waals surface area contributed by atoms with E-state index in [2.05, 4.69) is 5.32 Å². The highest BCUT2D eigenvalue weighted by atomic mass is 16.6. The first kappa shape index (κ1) is 31.4. The number of carbonyl (C=O) groups excluding carboxylic acids is 6. The number of methoxy groups -OCH3 is 1. The molecule has 0 radical (unpaired) electrons. The molecule has 1 atom stereocenters. The van der Waals surface area contributed by atoms with Crippen LogP contribution in [0.2, 0.25) is 0 Å². The maximum absolute atomic E-state index is 12.3. The van der Waals surface area contributed by atoms with Crippen molar-refractivity contribution >= 4 is 41.1 Å². The molecule has 1 aromatic rings. The molecule has 2 rings (SSSR count). The predicted octanol–water partition coefficient (Wildman–Crippen LogP) is 3.52. The van der Waals surface area contributed by atoms with Crippen molar-refractivity contribution < 1.29 is 38.2 Å². The van der Waals surface area contributed by atoms with Gasteiger partial charge in [0, 0.05) is 43.6 Å². The Kier molecular flexibility index (Phi) is 12.0. The molecule has 0 aliphatic carbocycles. The summed E-state index contributed by atoms with van der Waals surface area (Å²) >= 11 is 0. The second-order valence-corrected chi connectivity index (χ2v) is 10.5. The molecule has 0 saturated heterocycles. The van der Waals surface area contributed by atoms with Gasteiger partial charge in [-0.15, -0.1) is 0 Å². The monoisotopic (exact) mass is 542 g/mol. The molecule has 1 heterocycles. The smallest absolute Gasteiger partial charge is 0.309 e. The number of Topliss-reactive ketones (excluding diaryl/α,β-unsaturated/α-hetero) is 1. The van der Waals surface area contributed by atoms with E-state index in [4.69, 9.17) is 9.47 Å². The molecular formula is C29H38N2O8. The zero-order valence-corrected chi connectivity index (χ0v) is 23.1. The van der Waals surface area contributed by atoms with Gasteiger partial charge in [0.25, 0.3) is 11.8 Å². The van der Waals surface area contributed by atoms with Gasteiger partial charge < -0.3 is 14.8 Å². The molecule has 0 aromatic heterocycles. The number of unbranched alkanes of at least 4 members (excludes halogenated alkanes) is 2. The van der Waals surface area contributed by atoms with Crippen LogP contribution in [0.4, 0.5) is 5.69 Å². The number of esters is 2. The highest BCUT2D eigenvalue weighted by molar-refractivity contribution is 6.12. The Morgan fingerprint density at radius 2 is 1.54 bits per heavy atom. The summed E-state index contributed by atoms with van der Waals surface area (Å²) < 4.78 is 10.2. The van der Waals surface area contributed by atoms with Crippen molar-refractivity contribution in [3.8, 4) is 0 Å². The minimum absolute atomic E-state index is 0.0191. The van der Waals surface area contributed by atoms with Gasteiger partial charge in [0.05, 0.1) is 19.4 Å². The maximum Gasteiger partial charge on any atom is 0.309 e. The Labute approximate surface area is 229 Å². The number of hydrogen-bond donors (Lipinski definition) is 1. The van der Waals surface area contributed by atoms with E-state index in [9.17, 15) is 28.8 Å². The quantitative estimate of drug-likeness (QED) is 0.202. The van der Waals surface area contributed by atoms with Gasteiger partial charge in [-0.3, -0.25) is 33.7 Å². The Morgan fingerprint density at radius 3 is 2.13 bits per heavy atom. The van der Waals surface area contributed by atoms with Crippen LogP contribution in [0.15, 0.2) is 36.4 Å². The Bertz CT molecular complexity index is 1070. The van der Waals surface area contributed by atoms with E-state index >= 15 is 0 Å². The average molecular weight is 543 g/mol. The minimum Gasteiger partial charge on any atom is -0.469 e. The second-order valence-electron chi connectivity index (χ2n) is 10.5. The average Bonchev–Trinajstić information content (AvgIpc) is 3.18. The number of hydrogen-bond acceptors (Lipinski definition) is 8. The van der Waals surface area contributed by atoms with Gasteiger partial charge >= 0.3 is 11.9 Å². The number of rotatable bonds is 15. The van der Waals surface area contributed by atoms with Gasteiger partial charge in [-0.1, -0.05) is 18.6 Å². The lowest BCUT2D eigenvalue weighted by Crippen LogP contribution is -2.30. The van der Waals surface area contributed by atoms with Crippen molar-refractivity contribution in [3.63, 3.8) is 0 Å². The predicted molar refractivity (Wildman–Crippen MR) is 143 cm³/mol. The summed E-state index contributed by atoms with van der Waals surface area (Å²) in [4.78, 5) is 73.0. The van der Waals surface area contributed by atoms with Crippen molar-refractivity contribution in [1.29, 1.82) is 0 Å². The fourth-order valence-electron chi connectivity index (χ4n) is 4.02. The van der Waals surface area contributed by atoms with Crippen LogP contribution in [0.1, 0.15) is 71.3 Å². The highest BCUT2D eigenvalue weighted by Gasteiger charge is 2.26. The molecule has 0 unspecified atom stereocenters. The van der Waals surface area contributed by atoms with E-state index in [-0.39, 0.29) is 49.2 Å². The van der Waals surface area contributed by atoms with Crippen molar-refractivity contribution in [2.24, 2.45) is 5.92 Å². The van der Waals surface area contributed by atoms with E-state index in [0.29, 0.717) is 37.9 Å². The summed E-state index contributed by atoms with van der Waals surface area (Å²) in [6.45, 7) is 5.61. The lowest BCUT2D eigenvalue weighted by atomic mass is 9.96. The molecule has 0 saturated carbocycles. The molecule has 1 aliphatic heterocycles. The molecule has 10 nitrogen and oxygen atoms in total. The summed E-state index contributed by atoms with van der Waals surface area (Å²) in [5, 5.41) is 2.75. The first-order chi connectivity index (χ1) is 18.4. The lowest BCUT2D eigenvalue weighted by Gasteiger charge is -2.21. The lowest BCUT2D eigenvalue weighted by molar-refractivity contribution is -0.160. The molecule has 39 heavy (non-hydrogen) atoms. The van der Waals surface area contributed by atoms with Gasteiger partial charge in [-0.05, 0) is 57.7 Å². The zero-order chi connectivity index (χ0) is 29.0. The highest BCUT2D eigenvalue weighted by Crippen LogP contribution is 2.19. The summed E-state index contributed by atoms with van der Waals surface area (Å²) in [6, 6.07) is 6.90. The van der Waals surface area contributed by atoms with E-state index in [1.54, 1.807) is 45.0 Å². The number of anilines is 1. The molecule has 1 N–H and O–H groups in total. The fraction of sp³-hybridized carbons (Fsp3) is 0.517. The zero-order valence-electron chi connectivity index (χ0n) is 23.1. The Hall–Kier alpha value is -3.82. The number of ketones is 1. The maximum atomic E-state index is 12.3. The molecule has 1 aromatic carbocycles. The van der Waals surface area contributed by atoms with E-state index in [1.165, 1.54) is 24.2 Å². The summed E-state index contributed by atoms with van der Waals surface area (Å²) in [5.74, 6) is -2.60. The van der Waals surface area contributed by atoms with Crippen LogP contribution in [0, 0.1) is 5.92 Å². The standard InChI is InChI=1S/C29H38N2O8/c1-29(2,3)39-27(36)19-21(28(37)38-4)18-20-9-11-22(12-10-20)30-24(33)14-13-23(32)8-6-5-7-17-31-25(34)15-16-26(31)35/h9-12,15-16,21H,5-8,13-14,17-19H2,1-4H3,(H,30,33)/t21-/m1/s1. The number of ether oxygens (including phenoxy) is 2. The third-order valence-electron chi connectivity index (χ3n) is 5.96.